The first-order chi connectivity index (χ1) is 12.7. The number of nitrogens with zero attached hydrogens (tertiary/aromatic N) is 2. The third kappa shape index (κ3) is 5.02. The first-order valence-corrected chi connectivity index (χ1v) is 9.64. The summed E-state index contributed by atoms with van der Waals surface area (Å²) in [5.74, 6) is 0.0466. The average Bonchev–Trinajstić information content (AvgIpc) is 3.24. The van der Waals surface area contributed by atoms with E-state index in [1.807, 2.05) is 19.9 Å². The lowest BCUT2D eigenvalue weighted by atomic mass is 9.92. The Balaban J connectivity index is 0.00000117. The number of aliphatic hydroxyl groups excluding tert-OH is 1. The minimum Gasteiger partial charge on any atom is -0.390 e. The fraction of sp³-hybridized carbons (Fsp3) is 0.650. The minimum absolute atomic E-state index is 0.00982. The number of hydrogen-bond donors (Lipinski definition) is 2. The third-order valence-electron chi connectivity index (χ3n) is 5.08. The maximum Gasteiger partial charge on any atom is 0.103 e. The molecule has 2 atom stereocenters. The van der Waals surface area contributed by atoms with Crippen molar-refractivity contribution in [3.63, 3.8) is 0 Å². The summed E-state index contributed by atoms with van der Waals surface area (Å²) in [6.45, 7) is 6.22. The molecule has 0 bridgehead atoms. The molecule has 146 valence electrons. The SMILES string of the molecule is CC.COCC(CCC[C@H]1CC=CC=C1F)N1Cc2[nH]nc(CO)c2C1. The molecule has 0 radical (unpaired) electrons. The molecule has 1 aromatic heterocycles. The Hall–Kier alpha value is -1.50. The number of aromatic amines is 1. The number of halogens is 1. The van der Waals surface area contributed by atoms with Crippen LogP contribution in [0.2, 0.25) is 0 Å². The van der Waals surface area contributed by atoms with E-state index in [1.165, 1.54) is 0 Å². The van der Waals surface area contributed by atoms with Crippen LogP contribution in [-0.4, -0.2) is 40.0 Å². The molecule has 2 N–H and O–H groups in total. The Kier molecular flexibility index (Phi) is 8.48. The number of aromatic nitrogens is 2. The summed E-state index contributed by atoms with van der Waals surface area (Å²) in [5, 5.41) is 16.5. The van der Waals surface area contributed by atoms with Crippen molar-refractivity contribution in [3.8, 4) is 0 Å². The molecule has 0 saturated heterocycles. The Morgan fingerprint density at radius 2 is 2.23 bits per heavy atom. The van der Waals surface area contributed by atoms with Gasteiger partial charge in [-0.2, -0.15) is 5.10 Å². The van der Waals surface area contributed by atoms with Crippen molar-refractivity contribution in [3.05, 3.63) is 41.0 Å². The molecule has 0 fully saturated rings. The molecule has 6 heteroatoms. The maximum absolute atomic E-state index is 13.8. The van der Waals surface area contributed by atoms with Crippen LogP contribution < -0.4 is 0 Å². The Morgan fingerprint density at radius 1 is 1.42 bits per heavy atom. The molecule has 0 spiro atoms. The molecule has 3 rings (SSSR count). The topological polar surface area (TPSA) is 61.4 Å². The monoisotopic (exact) mass is 365 g/mol. The van der Waals surface area contributed by atoms with E-state index in [0.717, 1.165) is 55.7 Å². The van der Waals surface area contributed by atoms with Crippen LogP contribution in [-0.2, 0) is 24.4 Å². The van der Waals surface area contributed by atoms with Crippen LogP contribution in [0, 0.1) is 5.92 Å². The van der Waals surface area contributed by atoms with Crippen LogP contribution in [0.1, 0.15) is 56.5 Å². The number of methoxy groups -OCH3 is 1. The van der Waals surface area contributed by atoms with E-state index >= 15 is 0 Å². The molecule has 1 unspecified atom stereocenters. The van der Waals surface area contributed by atoms with E-state index in [4.69, 9.17) is 4.74 Å². The van der Waals surface area contributed by atoms with Gasteiger partial charge in [-0.15, -0.1) is 0 Å². The molecule has 0 aromatic carbocycles. The molecule has 1 aliphatic carbocycles. The standard InChI is InChI=1S/C18H26FN3O2.C2H6/c1-24-12-14(7-4-6-13-5-2-3-8-16(13)19)22-9-15-17(10-22)20-21-18(15)11-23;1-2/h2-3,8,13-14,23H,4-7,9-12H2,1H3,(H,20,21);1-2H3/t13-,14?;/m1./s1. The Labute approximate surface area is 155 Å². The normalized spacial score (nSPS) is 20.3. The van der Waals surface area contributed by atoms with E-state index < -0.39 is 0 Å². The highest BCUT2D eigenvalue weighted by Crippen LogP contribution is 2.30. The van der Waals surface area contributed by atoms with Crippen molar-refractivity contribution < 1.29 is 14.2 Å². The predicted octanol–water partition coefficient (Wildman–Crippen LogP) is 3.86. The highest BCUT2D eigenvalue weighted by molar-refractivity contribution is 5.28. The zero-order chi connectivity index (χ0) is 18.9. The third-order valence-corrected chi connectivity index (χ3v) is 5.08. The summed E-state index contributed by atoms with van der Waals surface area (Å²) in [4.78, 5) is 2.36. The summed E-state index contributed by atoms with van der Waals surface area (Å²) in [5.41, 5.74) is 2.95. The average molecular weight is 365 g/mol. The van der Waals surface area contributed by atoms with Gasteiger partial charge in [0.05, 0.1) is 24.6 Å². The van der Waals surface area contributed by atoms with Gasteiger partial charge in [-0.05, 0) is 25.3 Å². The number of nitrogens with one attached hydrogen (secondary N) is 1. The summed E-state index contributed by atoms with van der Waals surface area (Å²) in [6.07, 6.45) is 9.04. The molecular weight excluding hydrogens is 333 g/mol. The number of rotatable bonds is 8. The van der Waals surface area contributed by atoms with Crippen LogP contribution in [0.15, 0.2) is 24.1 Å². The van der Waals surface area contributed by atoms with Crippen molar-refractivity contribution in [2.75, 3.05) is 13.7 Å². The van der Waals surface area contributed by atoms with Crippen LogP contribution in [0.25, 0.3) is 0 Å². The van der Waals surface area contributed by atoms with E-state index in [-0.39, 0.29) is 18.4 Å². The predicted molar refractivity (Wildman–Crippen MR) is 101 cm³/mol. The summed E-state index contributed by atoms with van der Waals surface area (Å²) in [7, 11) is 1.72. The summed E-state index contributed by atoms with van der Waals surface area (Å²) in [6, 6.07) is 0.300. The molecule has 26 heavy (non-hydrogen) atoms. The number of H-pyrrole nitrogens is 1. The number of ether oxygens (including phenoxy) is 1. The largest absolute Gasteiger partial charge is 0.390 e. The van der Waals surface area contributed by atoms with Gasteiger partial charge >= 0.3 is 0 Å². The van der Waals surface area contributed by atoms with E-state index in [0.29, 0.717) is 12.6 Å². The van der Waals surface area contributed by atoms with Crippen molar-refractivity contribution in [1.29, 1.82) is 0 Å². The van der Waals surface area contributed by atoms with Crippen molar-refractivity contribution >= 4 is 0 Å². The molecular formula is C20H32FN3O2. The highest BCUT2D eigenvalue weighted by Gasteiger charge is 2.29. The van der Waals surface area contributed by atoms with Crippen LogP contribution >= 0.6 is 0 Å². The van der Waals surface area contributed by atoms with E-state index in [9.17, 15) is 9.50 Å². The second-order valence-electron chi connectivity index (χ2n) is 6.64. The van der Waals surface area contributed by atoms with Gasteiger partial charge in [-0.3, -0.25) is 10.00 Å². The molecule has 2 heterocycles. The first kappa shape index (κ1) is 20.8. The fourth-order valence-corrected chi connectivity index (χ4v) is 3.68. The molecule has 1 aliphatic heterocycles. The van der Waals surface area contributed by atoms with Crippen molar-refractivity contribution in [2.24, 2.45) is 5.92 Å². The lowest BCUT2D eigenvalue weighted by Crippen LogP contribution is -2.35. The maximum atomic E-state index is 13.8. The lowest BCUT2D eigenvalue weighted by molar-refractivity contribution is 0.0798. The van der Waals surface area contributed by atoms with E-state index in [2.05, 4.69) is 15.1 Å². The quantitative estimate of drug-likeness (QED) is 0.734. The lowest BCUT2D eigenvalue weighted by Gasteiger charge is -2.27. The molecule has 0 saturated carbocycles. The van der Waals surface area contributed by atoms with Gasteiger partial charge in [-0.1, -0.05) is 32.4 Å². The highest BCUT2D eigenvalue weighted by atomic mass is 19.1. The van der Waals surface area contributed by atoms with Crippen molar-refractivity contribution in [2.45, 2.75) is 65.3 Å². The zero-order valence-electron chi connectivity index (χ0n) is 16.2. The Bertz CT molecular complexity index is 612. The van der Waals surface area contributed by atoms with Gasteiger partial charge in [0, 0.05) is 37.7 Å². The number of fused-ring (bicyclic) bond motifs is 1. The molecule has 1 aromatic rings. The second kappa shape index (κ2) is 10.6. The summed E-state index contributed by atoms with van der Waals surface area (Å²) >= 11 is 0. The first-order valence-electron chi connectivity index (χ1n) is 9.64. The minimum atomic E-state index is -0.0323. The zero-order valence-corrected chi connectivity index (χ0v) is 16.2. The van der Waals surface area contributed by atoms with Gasteiger partial charge < -0.3 is 9.84 Å². The molecule has 0 amide bonds. The van der Waals surface area contributed by atoms with Crippen LogP contribution in [0.5, 0.6) is 0 Å². The molecule has 5 nitrogen and oxygen atoms in total. The number of hydrogen-bond acceptors (Lipinski definition) is 4. The van der Waals surface area contributed by atoms with E-state index in [1.54, 1.807) is 19.3 Å². The summed E-state index contributed by atoms with van der Waals surface area (Å²) < 4.78 is 19.2. The van der Waals surface area contributed by atoms with Crippen LogP contribution in [0.4, 0.5) is 4.39 Å². The number of aliphatic hydroxyl groups is 1. The van der Waals surface area contributed by atoms with Gasteiger partial charge in [0.1, 0.15) is 5.83 Å². The Morgan fingerprint density at radius 3 is 2.92 bits per heavy atom. The van der Waals surface area contributed by atoms with Crippen molar-refractivity contribution in [1.82, 2.24) is 15.1 Å². The number of allylic oxidation sites excluding steroid dienone is 4. The van der Waals surface area contributed by atoms with Gasteiger partial charge in [-0.25, -0.2) is 4.39 Å². The van der Waals surface area contributed by atoms with Gasteiger partial charge in [0.25, 0.3) is 0 Å². The molecule has 2 aliphatic rings. The smallest absolute Gasteiger partial charge is 0.103 e. The van der Waals surface area contributed by atoms with Gasteiger partial charge in [0.2, 0.25) is 0 Å². The second-order valence-corrected chi connectivity index (χ2v) is 6.64. The van der Waals surface area contributed by atoms with Gasteiger partial charge in [0.15, 0.2) is 0 Å². The fourth-order valence-electron chi connectivity index (χ4n) is 3.68. The van der Waals surface area contributed by atoms with Crippen LogP contribution in [0.3, 0.4) is 0 Å².